The molecule has 1 heterocycles. The van der Waals surface area contributed by atoms with Gasteiger partial charge in [-0.1, -0.05) is 6.92 Å². The van der Waals surface area contributed by atoms with Crippen LogP contribution in [-0.2, 0) is 4.79 Å². The second-order valence-electron chi connectivity index (χ2n) is 5.06. The number of aliphatic hydroxyl groups excluding tert-OH is 1. The number of nitrogens with one attached hydrogen (secondary N) is 1. The minimum absolute atomic E-state index is 0.100. The molecule has 0 radical (unpaired) electrons. The number of rotatable bonds is 3. The van der Waals surface area contributed by atoms with Crippen molar-refractivity contribution in [2.45, 2.75) is 31.9 Å². The predicted molar refractivity (Wildman–Crippen MR) is 59.4 cm³/mol. The molecule has 1 aliphatic heterocycles. The van der Waals surface area contributed by atoms with Crippen LogP contribution in [0.2, 0.25) is 0 Å². The number of hydrogen-bond donors (Lipinski definition) is 3. The molecular weight excluding hydrogens is 224 g/mol. The first-order valence-electron chi connectivity index (χ1n) is 5.94. The Kier molecular flexibility index (Phi) is 3.24. The van der Waals surface area contributed by atoms with Gasteiger partial charge >= 0.3 is 12.0 Å². The summed E-state index contributed by atoms with van der Waals surface area (Å²) in [7, 11) is 0. The van der Waals surface area contributed by atoms with Crippen LogP contribution in [-0.4, -0.2) is 52.3 Å². The van der Waals surface area contributed by atoms with Gasteiger partial charge in [0.1, 0.15) is 6.04 Å². The summed E-state index contributed by atoms with van der Waals surface area (Å²) in [4.78, 5) is 23.9. The second-order valence-corrected chi connectivity index (χ2v) is 5.06. The zero-order valence-corrected chi connectivity index (χ0v) is 9.80. The molecule has 17 heavy (non-hydrogen) atoms. The molecule has 6 heteroatoms. The minimum Gasteiger partial charge on any atom is -0.480 e. The fraction of sp³-hybridized carbons (Fsp3) is 0.818. The Morgan fingerprint density at radius 2 is 2.06 bits per heavy atom. The molecule has 2 amide bonds. The predicted octanol–water partition coefficient (Wildman–Crippen LogP) is -0.128. The van der Waals surface area contributed by atoms with E-state index in [4.69, 9.17) is 5.11 Å². The van der Waals surface area contributed by atoms with Gasteiger partial charge in [0.25, 0.3) is 0 Å². The normalized spacial score (nSPS) is 35.8. The minimum atomic E-state index is -1.06. The average Bonchev–Trinajstić information content (AvgIpc) is 2.80. The number of β-amino-alcohol motifs (C(OH)–C–C–N with tert-alkyl or cyclic N) is 1. The lowest BCUT2D eigenvalue weighted by molar-refractivity contribution is -0.141. The largest absolute Gasteiger partial charge is 0.480 e. The summed E-state index contributed by atoms with van der Waals surface area (Å²) in [5.74, 6) is 0.112. The van der Waals surface area contributed by atoms with E-state index >= 15 is 0 Å². The van der Waals surface area contributed by atoms with Crippen molar-refractivity contribution in [2.24, 2.45) is 11.8 Å². The summed E-state index contributed by atoms with van der Waals surface area (Å²) in [6, 6.07) is -1.28. The lowest BCUT2D eigenvalue weighted by Gasteiger charge is -2.21. The molecule has 0 aromatic rings. The molecule has 0 spiro atoms. The fourth-order valence-electron chi connectivity index (χ4n) is 2.28. The van der Waals surface area contributed by atoms with Crippen LogP contribution < -0.4 is 5.32 Å². The third kappa shape index (κ3) is 2.69. The van der Waals surface area contributed by atoms with Crippen molar-refractivity contribution in [2.75, 3.05) is 13.1 Å². The molecule has 6 nitrogen and oxygen atoms in total. The van der Waals surface area contributed by atoms with Crippen LogP contribution >= 0.6 is 0 Å². The van der Waals surface area contributed by atoms with Crippen molar-refractivity contribution in [1.82, 2.24) is 10.2 Å². The molecule has 1 saturated heterocycles. The van der Waals surface area contributed by atoms with E-state index in [1.165, 1.54) is 4.90 Å². The van der Waals surface area contributed by atoms with Crippen LogP contribution in [0.15, 0.2) is 0 Å². The summed E-state index contributed by atoms with van der Waals surface area (Å²) in [5, 5.41) is 21.1. The first-order valence-corrected chi connectivity index (χ1v) is 5.94. The Hall–Kier alpha value is -1.30. The third-order valence-electron chi connectivity index (χ3n) is 3.62. The molecule has 4 atom stereocenters. The van der Waals surface area contributed by atoms with Crippen LogP contribution in [0.3, 0.4) is 0 Å². The number of carbonyl (C=O) groups excluding carboxylic acids is 1. The zero-order valence-electron chi connectivity index (χ0n) is 9.80. The van der Waals surface area contributed by atoms with Crippen LogP contribution in [0.1, 0.15) is 19.8 Å². The summed E-state index contributed by atoms with van der Waals surface area (Å²) < 4.78 is 0. The topological polar surface area (TPSA) is 89.9 Å². The van der Waals surface area contributed by atoms with Gasteiger partial charge in [-0.05, 0) is 18.3 Å². The first kappa shape index (κ1) is 12.2. The van der Waals surface area contributed by atoms with E-state index in [0.717, 1.165) is 6.42 Å². The third-order valence-corrected chi connectivity index (χ3v) is 3.62. The highest BCUT2D eigenvalue weighted by atomic mass is 16.4. The number of nitrogens with zero attached hydrogens (tertiary/aromatic N) is 1. The van der Waals surface area contributed by atoms with Crippen molar-refractivity contribution in [3.8, 4) is 0 Å². The molecule has 2 unspecified atom stereocenters. The summed E-state index contributed by atoms with van der Waals surface area (Å²) in [5.41, 5.74) is 0. The van der Waals surface area contributed by atoms with Crippen LogP contribution in [0.4, 0.5) is 4.79 Å². The van der Waals surface area contributed by atoms with Gasteiger partial charge in [0.05, 0.1) is 6.10 Å². The number of amides is 2. The maximum absolute atomic E-state index is 11.8. The Balaban J connectivity index is 1.86. The maximum Gasteiger partial charge on any atom is 0.326 e. The lowest BCUT2D eigenvalue weighted by Crippen LogP contribution is -2.46. The van der Waals surface area contributed by atoms with Gasteiger partial charge in [-0.15, -0.1) is 0 Å². The van der Waals surface area contributed by atoms with Crippen molar-refractivity contribution in [3.05, 3.63) is 0 Å². The van der Waals surface area contributed by atoms with E-state index in [2.05, 4.69) is 12.2 Å². The summed E-state index contributed by atoms with van der Waals surface area (Å²) in [6.45, 7) is 2.82. The van der Waals surface area contributed by atoms with Gasteiger partial charge in [-0.3, -0.25) is 0 Å². The number of carbonyl (C=O) groups is 2. The molecule has 2 aliphatic rings. The van der Waals surface area contributed by atoms with Crippen LogP contribution in [0.5, 0.6) is 0 Å². The quantitative estimate of drug-likeness (QED) is 0.643. The van der Waals surface area contributed by atoms with E-state index in [1.54, 1.807) is 0 Å². The number of aliphatic hydroxyl groups is 1. The Labute approximate surface area is 99.6 Å². The Morgan fingerprint density at radius 3 is 2.59 bits per heavy atom. The second kappa shape index (κ2) is 4.52. The van der Waals surface area contributed by atoms with E-state index in [1.807, 2.05) is 0 Å². The van der Waals surface area contributed by atoms with Crippen molar-refractivity contribution in [3.63, 3.8) is 0 Å². The highest BCUT2D eigenvalue weighted by Crippen LogP contribution is 2.36. The molecule has 0 aromatic heterocycles. The molecule has 0 bridgehead atoms. The van der Waals surface area contributed by atoms with Gasteiger partial charge in [0.2, 0.25) is 0 Å². The van der Waals surface area contributed by atoms with Crippen molar-refractivity contribution < 1.29 is 19.8 Å². The van der Waals surface area contributed by atoms with Crippen molar-refractivity contribution >= 4 is 12.0 Å². The molecule has 0 aromatic carbocycles. The molecule has 1 saturated carbocycles. The Bertz CT molecular complexity index is 333. The van der Waals surface area contributed by atoms with Crippen LogP contribution in [0, 0.1) is 11.8 Å². The molecule has 2 rings (SSSR count). The maximum atomic E-state index is 11.8. The van der Waals surface area contributed by atoms with Crippen molar-refractivity contribution in [1.29, 1.82) is 0 Å². The lowest BCUT2D eigenvalue weighted by atomic mass is 10.2. The Morgan fingerprint density at radius 1 is 1.41 bits per heavy atom. The van der Waals surface area contributed by atoms with Gasteiger partial charge in [-0.2, -0.15) is 0 Å². The number of likely N-dealkylation sites (tertiary alicyclic amines) is 1. The smallest absolute Gasteiger partial charge is 0.326 e. The SMILES string of the molecule is CC1CC1CNC(=O)N1C[C@@H](O)C[C@H]1C(=O)O. The zero-order chi connectivity index (χ0) is 12.6. The average molecular weight is 242 g/mol. The van der Waals surface area contributed by atoms with E-state index in [-0.39, 0.29) is 19.0 Å². The van der Waals surface area contributed by atoms with Gasteiger partial charge in [-0.25, -0.2) is 9.59 Å². The summed E-state index contributed by atoms with van der Waals surface area (Å²) in [6.07, 6.45) is 0.495. The number of aliphatic carboxylic acids is 1. The van der Waals surface area contributed by atoms with E-state index < -0.39 is 18.1 Å². The highest BCUT2D eigenvalue weighted by molar-refractivity contribution is 5.83. The standard InChI is InChI=1S/C11H18N2O4/c1-6-2-7(6)4-12-11(17)13-5-8(14)3-9(13)10(15)16/h6-9,14H,2-5H2,1H3,(H,12,17)(H,15,16)/t6?,7?,8-,9-/m0/s1. The van der Waals surface area contributed by atoms with Gasteiger partial charge < -0.3 is 20.4 Å². The monoisotopic (exact) mass is 242 g/mol. The number of carboxylic acids is 1. The molecule has 2 fully saturated rings. The van der Waals surface area contributed by atoms with Gasteiger partial charge in [0.15, 0.2) is 0 Å². The van der Waals surface area contributed by atoms with E-state index in [9.17, 15) is 14.7 Å². The highest BCUT2D eigenvalue weighted by Gasteiger charge is 2.40. The molecule has 96 valence electrons. The fourth-order valence-corrected chi connectivity index (χ4v) is 2.28. The number of urea groups is 1. The van der Waals surface area contributed by atoms with Gasteiger partial charge in [0, 0.05) is 19.5 Å². The summed E-state index contributed by atoms with van der Waals surface area (Å²) >= 11 is 0. The van der Waals surface area contributed by atoms with Crippen LogP contribution in [0.25, 0.3) is 0 Å². The van der Waals surface area contributed by atoms with E-state index in [0.29, 0.717) is 18.4 Å². The molecule has 1 aliphatic carbocycles. The molecule has 3 N–H and O–H groups in total. The number of hydrogen-bond acceptors (Lipinski definition) is 3. The molecular formula is C11H18N2O4. The first-order chi connectivity index (χ1) is 7.99. The number of carboxylic acid groups (broad SMARTS) is 1.